The van der Waals surface area contributed by atoms with Crippen LogP contribution in [0.5, 0.6) is 0 Å². The number of benzene rings is 3. The first-order chi connectivity index (χ1) is 16.0. The third kappa shape index (κ3) is 4.49. The highest BCUT2D eigenvalue weighted by atomic mass is 16.5. The first-order valence-electron chi connectivity index (χ1n) is 10.9. The maximum absolute atomic E-state index is 13.7. The van der Waals surface area contributed by atoms with Crippen molar-refractivity contribution in [3.8, 4) is 5.69 Å². The minimum Gasteiger partial charge on any atom is -0.380 e. The molecule has 0 atom stereocenters. The second kappa shape index (κ2) is 9.67. The molecular formula is C26H26N4O3. The molecule has 1 amide bonds. The monoisotopic (exact) mass is 442 g/mol. The van der Waals surface area contributed by atoms with Crippen LogP contribution in [0.1, 0.15) is 40.7 Å². The molecular weight excluding hydrogens is 416 g/mol. The maximum Gasteiger partial charge on any atom is 0.274 e. The normalized spacial score (nSPS) is 10.9. The molecule has 0 radical (unpaired) electrons. The van der Waals surface area contributed by atoms with Crippen molar-refractivity contribution in [2.45, 2.75) is 33.2 Å². The van der Waals surface area contributed by atoms with E-state index in [2.05, 4.69) is 12.2 Å². The van der Waals surface area contributed by atoms with E-state index in [-0.39, 0.29) is 5.56 Å². The van der Waals surface area contributed by atoms with Gasteiger partial charge in [0.2, 0.25) is 0 Å². The number of hydroxylamine groups is 1. The minimum atomic E-state index is -0.545. The Morgan fingerprint density at radius 3 is 2.55 bits per heavy atom. The van der Waals surface area contributed by atoms with Gasteiger partial charge >= 0.3 is 0 Å². The van der Waals surface area contributed by atoms with Crippen LogP contribution in [0.3, 0.4) is 0 Å². The smallest absolute Gasteiger partial charge is 0.274 e. The van der Waals surface area contributed by atoms with Crippen LogP contribution in [0.2, 0.25) is 0 Å². The molecule has 4 rings (SSSR count). The fourth-order valence-electron chi connectivity index (χ4n) is 4.01. The Morgan fingerprint density at radius 1 is 1.06 bits per heavy atom. The largest absolute Gasteiger partial charge is 0.380 e. The molecule has 0 unspecified atom stereocenters. The molecule has 0 spiro atoms. The van der Waals surface area contributed by atoms with Crippen molar-refractivity contribution in [2.75, 3.05) is 5.32 Å². The Bertz CT molecular complexity index is 1360. The summed E-state index contributed by atoms with van der Waals surface area (Å²) in [7, 11) is 0. The second-order valence-corrected chi connectivity index (χ2v) is 7.90. The number of fused-ring (bicyclic) bond motifs is 1. The van der Waals surface area contributed by atoms with Crippen molar-refractivity contribution >= 4 is 22.5 Å². The lowest BCUT2D eigenvalue weighted by molar-refractivity contribution is 0.0705. The number of amides is 1. The van der Waals surface area contributed by atoms with Gasteiger partial charge in [-0.25, -0.2) is 10.5 Å². The van der Waals surface area contributed by atoms with Gasteiger partial charge in [-0.2, -0.15) is 0 Å². The molecule has 0 fully saturated rings. The Morgan fingerprint density at radius 2 is 1.85 bits per heavy atom. The number of nitrogens with one attached hydrogen (secondary N) is 2. The van der Waals surface area contributed by atoms with Crippen LogP contribution < -0.4 is 16.4 Å². The molecule has 7 nitrogen and oxygen atoms in total. The lowest BCUT2D eigenvalue weighted by Gasteiger charge is -2.16. The highest BCUT2D eigenvalue weighted by molar-refractivity contribution is 5.95. The summed E-state index contributed by atoms with van der Waals surface area (Å²) in [6.45, 7) is 4.34. The van der Waals surface area contributed by atoms with Crippen LogP contribution in [0.4, 0.5) is 5.69 Å². The van der Waals surface area contributed by atoms with E-state index in [0.717, 1.165) is 29.1 Å². The minimum absolute atomic E-state index is 0.108. The SMILES string of the molecule is CCCc1nc2cccc(NCc3ccc(C(=O)NO)c(C)c3)c2c(=O)n1-c1ccccc1. The number of nitrogens with zero attached hydrogens (tertiary/aromatic N) is 2. The Balaban J connectivity index is 1.74. The number of anilines is 1. The van der Waals surface area contributed by atoms with Crippen LogP contribution in [0.25, 0.3) is 16.6 Å². The predicted octanol–water partition coefficient (Wildman–Crippen LogP) is 4.38. The standard InChI is InChI=1S/C26H26N4O3/c1-3-8-23-28-22-12-7-11-21(24(22)26(32)30(23)19-9-5-4-6-10-19)27-16-18-13-14-20(17(2)15-18)25(31)29-33/h4-7,9-15,27,33H,3,8,16H2,1-2H3,(H,29,31). The Hall–Kier alpha value is -3.97. The van der Waals surface area contributed by atoms with E-state index in [1.165, 1.54) is 0 Å². The van der Waals surface area contributed by atoms with Crippen molar-refractivity contribution in [2.24, 2.45) is 0 Å². The number of carbonyl (C=O) groups is 1. The average Bonchev–Trinajstić information content (AvgIpc) is 2.83. The van der Waals surface area contributed by atoms with Crippen molar-refractivity contribution in [1.82, 2.24) is 15.0 Å². The van der Waals surface area contributed by atoms with E-state index in [4.69, 9.17) is 10.2 Å². The van der Waals surface area contributed by atoms with Gasteiger partial charge in [-0.1, -0.05) is 43.3 Å². The summed E-state index contributed by atoms with van der Waals surface area (Å²) in [6.07, 6.45) is 1.58. The lowest BCUT2D eigenvalue weighted by Crippen LogP contribution is -2.24. The van der Waals surface area contributed by atoms with E-state index >= 15 is 0 Å². The van der Waals surface area contributed by atoms with E-state index in [0.29, 0.717) is 35.1 Å². The fraction of sp³-hybridized carbons (Fsp3) is 0.192. The van der Waals surface area contributed by atoms with Crippen LogP contribution in [-0.4, -0.2) is 20.7 Å². The van der Waals surface area contributed by atoms with Gasteiger partial charge in [-0.15, -0.1) is 0 Å². The van der Waals surface area contributed by atoms with Gasteiger partial charge < -0.3 is 5.32 Å². The zero-order valence-electron chi connectivity index (χ0n) is 18.6. The topological polar surface area (TPSA) is 96.2 Å². The Labute approximate surface area is 191 Å². The number of carbonyl (C=O) groups excluding carboxylic acids is 1. The third-order valence-corrected chi connectivity index (χ3v) is 5.57. The molecule has 3 aromatic carbocycles. The quantitative estimate of drug-likeness (QED) is 0.292. The fourth-order valence-corrected chi connectivity index (χ4v) is 4.01. The van der Waals surface area contributed by atoms with Gasteiger partial charge in [0.25, 0.3) is 11.5 Å². The molecule has 3 N–H and O–H groups in total. The van der Waals surface area contributed by atoms with E-state index in [1.54, 1.807) is 16.1 Å². The molecule has 0 aliphatic heterocycles. The predicted molar refractivity (Wildman–Crippen MR) is 129 cm³/mol. The summed E-state index contributed by atoms with van der Waals surface area (Å²) in [4.78, 5) is 30.2. The van der Waals surface area contributed by atoms with Crippen LogP contribution in [0, 0.1) is 6.92 Å². The average molecular weight is 443 g/mol. The van der Waals surface area contributed by atoms with Crippen LogP contribution in [-0.2, 0) is 13.0 Å². The number of aryl methyl sites for hydroxylation is 2. The van der Waals surface area contributed by atoms with Gasteiger partial charge in [-0.3, -0.25) is 19.4 Å². The van der Waals surface area contributed by atoms with E-state index in [1.807, 2.05) is 67.6 Å². The zero-order chi connectivity index (χ0) is 23.4. The summed E-state index contributed by atoms with van der Waals surface area (Å²) in [6, 6.07) is 20.6. The summed E-state index contributed by atoms with van der Waals surface area (Å²) in [5.74, 6) is 0.197. The summed E-state index contributed by atoms with van der Waals surface area (Å²) in [5, 5.41) is 12.8. The van der Waals surface area contributed by atoms with Crippen molar-refractivity contribution in [3.05, 3.63) is 99.6 Å². The zero-order valence-corrected chi connectivity index (χ0v) is 18.6. The van der Waals surface area contributed by atoms with Crippen molar-refractivity contribution in [3.63, 3.8) is 0 Å². The first-order valence-corrected chi connectivity index (χ1v) is 10.9. The van der Waals surface area contributed by atoms with Crippen molar-refractivity contribution in [1.29, 1.82) is 0 Å². The molecule has 0 aliphatic carbocycles. The summed E-state index contributed by atoms with van der Waals surface area (Å²) < 4.78 is 1.70. The molecule has 33 heavy (non-hydrogen) atoms. The Kier molecular flexibility index (Phi) is 6.51. The van der Waals surface area contributed by atoms with Gasteiger partial charge in [-0.05, 0) is 54.8 Å². The third-order valence-electron chi connectivity index (χ3n) is 5.57. The molecule has 1 aromatic heterocycles. The van der Waals surface area contributed by atoms with Crippen LogP contribution in [0.15, 0.2) is 71.5 Å². The highest BCUT2D eigenvalue weighted by Crippen LogP contribution is 2.22. The number of rotatable bonds is 7. The van der Waals surface area contributed by atoms with Gasteiger partial charge in [0, 0.05) is 24.2 Å². The van der Waals surface area contributed by atoms with Crippen molar-refractivity contribution < 1.29 is 10.0 Å². The number of hydrogen-bond acceptors (Lipinski definition) is 5. The highest BCUT2D eigenvalue weighted by Gasteiger charge is 2.15. The maximum atomic E-state index is 13.7. The van der Waals surface area contributed by atoms with Gasteiger partial charge in [0.05, 0.1) is 16.6 Å². The summed E-state index contributed by atoms with van der Waals surface area (Å²) >= 11 is 0. The van der Waals surface area contributed by atoms with E-state index in [9.17, 15) is 9.59 Å². The number of para-hydroxylation sites is 1. The summed E-state index contributed by atoms with van der Waals surface area (Å²) in [5.41, 5.74) is 5.80. The second-order valence-electron chi connectivity index (χ2n) is 7.90. The number of aromatic nitrogens is 2. The molecule has 0 bridgehead atoms. The molecule has 0 saturated heterocycles. The van der Waals surface area contributed by atoms with Gasteiger partial charge in [0.1, 0.15) is 5.82 Å². The lowest BCUT2D eigenvalue weighted by atomic mass is 10.0. The van der Waals surface area contributed by atoms with Crippen LogP contribution >= 0.6 is 0 Å². The molecule has 7 heteroatoms. The number of hydrogen-bond donors (Lipinski definition) is 3. The van der Waals surface area contributed by atoms with Gasteiger partial charge in [0.15, 0.2) is 0 Å². The molecule has 168 valence electrons. The van der Waals surface area contributed by atoms with E-state index < -0.39 is 5.91 Å². The molecule has 0 aliphatic rings. The molecule has 4 aromatic rings. The molecule has 1 heterocycles. The molecule has 0 saturated carbocycles. The first kappa shape index (κ1) is 22.2.